The van der Waals surface area contributed by atoms with Crippen LogP contribution < -0.4 is 0 Å². The fourth-order valence-electron chi connectivity index (χ4n) is 1.15. The molecule has 0 aromatic carbocycles. The molecule has 5 heteroatoms. The summed E-state index contributed by atoms with van der Waals surface area (Å²) in [4.78, 5) is 10.8. The lowest BCUT2D eigenvalue weighted by atomic mass is 10.2. The van der Waals surface area contributed by atoms with Gasteiger partial charge in [-0.25, -0.2) is 0 Å². The molecule has 0 saturated carbocycles. The number of carbonyl (C=O) groups is 1. The molecule has 0 amide bonds. The molecule has 0 N–H and O–H groups in total. The molecule has 0 unspecified atom stereocenters. The lowest BCUT2D eigenvalue weighted by Gasteiger charge is -2.03. The molecule has 15 heavy (non-hydrogen) atoms. The fourth-order valence-corrected chi connectivity index (χ4v) is 1.15. The molecular weight excluding hydrogens is 207 g/mol. The number of rotatable bonds is 3. The number of allylic oxidation sites excluding steroid dienone is 1. The molecule has 0 atom stereocenters. The van der Waals surface area contributed by atoms with Crippen molar-refractivity contribution in [3.8, 4) is 0 Å². The van der Waals surface area contributed by atoms with Gasteiger partial charge in [0.2, 0.25) is 0 Å². The Balaban J connectivity index is 2.85. The first-order valence-corrected chi connectivity index (χ1v) is 4.22. The summed E-state index contributed by atoms with van der Waals surface area (Å²) in [5, 5.41) is 0. The van der Waals surface area contributed by atoms with Crippen molar-refractivity contribution in [2.75, 3.05) is 0 Å². The van der Waals surface area contributed by atoms with E-state index in [4.69, 9.17) is 0 Å². The number of ketones is 1. The minimum atomic E-state index is -4.81. The average Bonchev–Trinajstić information content (AvgIpc) is 2.48. The van der Waals surface area contributed by atoms with Crippen molar-refractivity contribution in [3.63, 3.8) is 0 Å². The number of carbonyl (C=O) groups excluding carboxylic acids is 1. The van der Waals surface area contributed by atoms with E-state index in [0.717, 1.165) is 11.6 Å². The molecule has 0 radical (unpaired) electrons. The van der Waals surface area contributed by atoms with Crippen molar-refractivity contribution in [3.05, 3.63) is 36.2 Å². The van der Waals surface area contributed by atoms with Crippen LogP contribution in [0, 0.1) is 0 Å². The third kappa shape index (κ3) is 2.97. The molecule has 0 bridgehead atoms. The van der Waals surface area contributed by atoms with Crippen LogP contribution in [0.4, 0.5) is 13.2 Å². The van der Waals surface area contributed by atoms with Crippen LogP contribution in [0.15, 0.2) is 30.6 Å². The number of hydrogen-bond acceptors (Lipinski definition) is 1. The van der Waals surface area contributed by atoms with Crippen LogP contribution in [0.5, 0.6) is 0 Å². The maximum absolute atomic E-state index is 12.0. The van der Waals surface area contributed by atoms with Gasteiger partial charge in [0.1, 0.15) is 0 Å². The third-order valence-corrected chi connectivity index (χ3v) is 1.72. The van der Waals surface area contributed by atoms with E-state index in [0.29, 0.717) is 6.54 Å². The van der Waals surface area contributed by atoms with Gasteiger partial charge in [0.05, 0.1) is 0 Å². The molecule has 0 aliphatic carbocycles. The van der Waals surface area contributed by atoms with Gasteiger partial charge in [0.25, 0.3) is 5.78 Å². The van der Waals surface area contributed by atoms with E-state index >= 15 is 0 Å². The zero-order chi connectivity index (χ0) is 11.6. The Morgan fingerprint density at radius 1 is 1.53 bits per heavy atom. The Hall–Kier alpha value is -1.52. The zero-order valence-corrected chi connectivity index (χ0v) is 8.14. The lowest BCUT2D eigenvalue weighted by molar-refractivity contribution is -0.0885. The van der Waals surface area contributed by atoms with Crippen molar-refractivity contribution in [1.82, 2.24) is 4.57 Å². The van der Waals surface area contributed by atoms with Gasteiger partial charge in [0, 0.05) is 24.5 Å². The van der Waals surface area contributed by atoms with E-state index in [9.17, 15) is 18.0 Å². The van der Waals surface area contributed by atoms with Crippen LogP contribution in [0.25, 0.3) is 0 Å². The van der Waals surface area contributed by atoms with Gasteiger partial charge in [-0.15, -0.1) is 0 Å². The number of nitrogens with zero attached hydrogens (tertiary/aromatic N) is 1. The molecule has 1 rings (SSSR count). The molecule has 0 saturated heterocycles. The van der Waals surface area contributed by atoms with Crippen molar-refractivity contribution in [2.24, 2.45) is 0 Å². The maximum atomic E-state index is 12.0. The van der Waals surface area contributed by atoms with Gasteiger partial charge >= 0.3 is 6.18 Å². The molecule has 0 aliphatic rings. The number of aromatic nitrogens is 1. The van der Waals surface area contributed by atoms with E-state index in [1.807, 2.05) is 0 Å². The quantitative estimate of drug-likeness (QED) is 0.563. The highest BCUT2D eigenvalue weighted by molar-refractivity contribution is 6.00. The molecular formula is C10H10F3NO. The maximum Gasteiger partial charge on any atom is 0.454 e. The van der Waals surface area contributed by atoms with Crippen LogP contribution in [0.3, 0.4) is 0 Å². The highest BCUT2D eigenvalue weighted by Crippen LogP contribution is 2.21. The fraction of sp³-hybridized carbons (Fsp3) is 0.300. The summed E-state index contributed by atoms with van der Waals surface area (Å²) >= 11 is 0. The SMILES string of the molecule is C=C(C)Cn1ccc(C(=O)C(F)(F)F)c1. The van der Waals surface area contributed by atoms with Crippen molar-refractivity contribution >= 4 is 5.78 Å². The van der Waals surface area contributed by atoms with E-state index < -0.39 is 12.0 Å². The largest absolute Gasteiger partial charge is 0.454 e. The molecule has 1 aromatic heterocycles. The summed E-state index contributed by atoms with van der Waals surface area (Å²) in [6.45, 7) is 5.79. The number of hydrogen-bond donors (Lipinski definition) is 0. The zero-order valence-electron chi connectivity index (χ0n) is 8.14. The Labute approximate surface area is 85.0 Å². The molecule has 1 aromatic rings. The molecule has 82 valence electrons. The second-order valence-corrected chi connectivity index (χ2v) is 3.36. The van der Waals surface area contributed by atoms with Gasteiger partial charge in [-0.1, -0.05) is 12.2 Å². The number of Topliss-reactive ketones (excluding diaryl/α,β-unsaturated/α-hetero) is 1. The molecule has 2 nitrogen and oxygen atoms in total. The first kappa shape index (κ1) is 11.6. The standard InChI is InChI=1S/C10H10F3NO/c1-7(2)5-14-4-3-8(6-14)9(15)10(11,12)13/h3-4,6H,1,5H2,2H3. The Kier molecular flexibility index (Phi) is 3.02. The third-order valence-electron chi connectivity index (χ3n) is 1.72. The second-order valence-electron chi connectivity index (χ2n) is 3.36. The van der Waals surface area contributed by atoms with Crippen LogP contribution in [0.1, 0.15) is 17.3 Å². The van der Waals surface area contributed by atoms with Crippen LogP contribution in [0.2, 0.25) is 0 Å². The summed E-state index contributed by atoms with van der Waals surface area (Å²) in [6, 6.07) is 1.15. The average molecular weight is 217 g/mol. The van der Waals surface area contributed by atoms with Crippen LogP contribution in [-0.4, -0.2) is 16.5 Å². The first-order chi connectivity index (χ1) is 6.80. The summed E-state index contributed by atoms with van der Waals surface area (Å²) in [7, 11) is 0. The lowest BCUT2D eigenvalue weighted by Crippen LogP contribution is -2.22. The van der Waals surface area contributed by atoms with Gasteiger partial charge < -0.3 is 4.57 Å². The summed E-state index contributed by atoms with van der Waals surface area (Å²) in [6.07, 6.45) is -2.21. The molecule has 0 spiro atoms. The predicted molar refractivity (Wildman–Crippen MR) is 49.6 cm³/mol. The minimum Gasteiger partial charge on any atom is -0.350 e. The van der Waals surface area contributed by atoms with E-state index in [1.54, 1.807) is 6.92 Å². The molecule has 0 fully saturated rings. The van der Waals surface area contributed by atoms with Gasteiger partial charge in [-0.05, 0) is 13.0 Å². The number of halogens is 3. The normalized spacial score (nSPS) is 11.5. The van der Waals surface area contributed by atoms with Gasteiger partial charge in [-0.2, -0.15) is 13.2 Å². The Morgan fingerprint density at radius 3 is 2.60 bits per heavy atom. The molecule has 0 aliphatic heterocycles. The second kappa shape index (κ2) is 3.92. The van der Waals surface area contributed by atoms with Crippen molar-refractivity contribution in [2.45, 2.75) is 19.6 Å². The van der Waals surface area contributed by atoms with Crippen LogP contribution in [-0.2, 0) is 6.54 Å². The van der Waals surface area contributed by atoms with E-state index in [2.05, 4.69) is 6.58 Å². The van der Waals surface area contributed by atoms with E-state index in [-0.39, 0.29) is 5.56 Å². The smallest absolute Gasteiger partial charge is 0.350 e. The minimum absolute atomic E-state index is 0.344. The van der Waals surface area contributed by atoms with E-state index in [1.165, 1.54) is 17.0 Å². The summed E-state index contributed by atoms with van der Waals surface area (Å²) in [5.41, 5.74) is 0.459. The highest BCUT2D eigenvalue weighted by atomic mass is 19.4. The first-order valence-electron chi connectivity index (χ1n) is 4.22. The van der Waals surface area contributed by atoms with Crippen LogP contribution >= 0.6 is 0 Å². The summed E-state index contributed by atoms with van der Waals surface area (Å²) in [5.74, 6) is -1.82. The topological polar surface area (TPSA) is 22.0 Å². The van der Waals surface area contributed by atoms with Crippen molar-refractivity contribution < 1.29 is 18.0 Å². The predicted octanol–water partition coefficient (Wildman–Crippen LogP) is 2.81. The number of alkyl halides is 3. The monoisotopic (exact) mass is 217 g/mol. The van der Waals surface area contributed by atoms with Gasteiger partial charge in [0.15, 0.2) is 0 Å². The molecule has 1 heterocycles. The van der Waals surface area contributed by atoms with Gasteiger partial charge in [-0.3, -0.25) is 4.79 Å². The summed E-state index contributed by atoms with van der Waals surface area (Å²) < 4.78 is 37.6. The highest BCUT2D eigenvalue weighted by Gasteiger charge is 2.39. The van der Waals surface area contributed by atoms with Crippen molar-refractivity contribution in [1.29, 1.82) is 0 Å². The Morgan fingerprint density at radius 2 is 2.13 bits per heavy atom. The Bertz CT molecular complexity index is 390.